The Bertz CT molecular complexity index is 818. The van der Waals surface area contributed by atoms with E-state index >= 15 is 0 Å². The summed E-state index contributed by atoms with van der Waals surface area (Å²) in [4.78, 5) is 4.31. The van der Waals surface area contributed by atoms with Crippen molar-refractivity contribution >= 4 is 45.7 Å². The summed E-state index contributed by atoms with van der Waals surface area (Å²) >= 11 is 18.9. The number of hydrogen-bond acceptors (Lipinski definition) is 2. The number of phenols is 1. The highest BCUT2D eigenvalue weighted by Crippen LogP contribution is 2.41. The molecule has 5 heteroatoms. The smallest absolute Gasteiger partial charge is 0.139 e. The summed E-state index contributed by atoms with van der Waals surface area (Å²) in [5.41, 5.74) is 1.90. The van der Waals surface area contributed by atoms with E-state index in [1.54, 1.807) is 18.2 Å². The predicted octanol–water partition coefficient (Wildman–Crippen LogP) is 5.57. The molecule has 0 bridgehead atoms. The molecule has 0 atom stereocenters. The average Bonchev–Trinajstić information content (AvgIpc) is 2.42. The molecule has 2 aromatic carbocycles. The van der Waals surface area contributed by atoms with Gasteiger partial charge in [-0.2, -0.15) is 0 Å². The van der Waals surface area contributed by atoms with Crippen LogP contribution in [-0.2, 0) is 0 Å². The highest BCUT2D eigenvalue weighted by molar-refractivity contribution is 6.43. The molecule has 3 rings (SSSR count). The van der Waals surface area contributed by atoms with Crippen molar-refractivity contribution in [1.29, 1.82) is 0 Å². The van der Waals surface area contributed by atoms with Crippen LogP contribution in [0.2, 0.25) is 15.2 Å². The standard InChI is InChI=1S/C15H8Cl3NO/c16-11-4-2-1-3-9(11)13-14(17)10-7-8(20)5-6-12(10)19-15(13)18/h1-7,20H. The van der Waals surface area contributed by atoms with Crippen molar-refractivity contribution in [3.8, 4) is 16.9 Å². The highest BCUT2D eigenvalue weighted by atomic mass is 35.5. The molecule has 0 saturated carbocycles. The molecule has 0 radical (unpaired) electrons. The van der Waals surface area contributed by atoms with Crippen LogP contribution in [-0.4, -0.2) is 10.1 Å². The molecule has 2 nitrogen and oxygen atoms in total. The van der Waals surface area contributed by atoms with Crippen LogP contribution in [0.1, 0.15) is 0 Å². The highest BCUT2D eigenvalue weighted by Gasteiger charge is 2.16. The molecule has 0 unspecified atom stereocenters. The molecule has 0 amide bonds. The zero-order valence-corrected chi connectivity index (χ0v) is 12.3. The summed E-state index contributed by atoms with van der Waals surface area (Å²) in [6.07, 6.45) is 0. The molecule has 100 valence electrons. The number of hydrogen-bond donors (Lipinski definition) is 1. The van der Waals surface area contributed by atoms with Gasteiger partial charge in [-0.15, -0.1) is 0 Å². The molecule has 3 aromatic rings. The molecule has 0 aliphatic carbocycles. The van der Waals surface area contributed by atoms with Crippen molar-refractivity contribution in [2.75, 3.05) is 0 Å². The van der Waals surface area contributed by atoms with Gasteiger partial charge in [-0.25, -0.2) is 4.98 Å². The molecular weight excluding hydrogens is 317 g/mol. The Morgan fingerprint density at radius 2 is 1.70 bits per heavy atom. The number of aromatic hydroxyl groups is 1. The number of halogens is 3. The Hall–Kier alpha value is -1.48. The number of aromatic nitrogens is 1. The summed E-state index contributed by atoms with van der Waals surface area (Å²) in [5, 5.41) is 11.5. The lowest BCUT2D eigenvalue weighted by Gasteiger charge is -2.11. The Balaban J connectivity index is 2.39. The first-order valence-electron chi connectivity index (χ1n) is 5.80. The van der Waals surface area contributed by atoms with Gasteiger partial charge >= 0.3 is 0 Å². The van der Waals surface area contributed by atoms with Gasteiger partial charge in [-0.05, 0) is 24.3 Å². The van der Waals surface area contributed by atoms with Crippen molar-refractivity contribution in [2.45, 2.75) is 0 Å². The number of nitrogens with zero attached hydrogens (tertiary/aromatic N) is 1. The molecule has 0 saturated heterocycles. The number of pyridine rings is 1. The van der Waals surface area contributed by atoms with E-state index in [0.717, 1.165) is 0 Å². The second-order valence-corrected chi connectivity index (χ2v) is 5.42. The van der Waals surface area contributed by atoms with E-state index in [0.29, 0.717) is 32.1 Å². The third-order valence-electron chi connectivity index (χ3n) is 3.00. The fourth-order valence-electron chi connectivity index (χ4n) is 2.08. The average molecular weight is 325 g/mol. The monoisotopic (exact) mass is 323 g/mol. The lowest BCUT2D eigenvalue weighted by molar-refractivity contribution is 0.476. The van der Waals surface area contributed by atoms with Gasteiger partial charge in [0.05, 0.1) is 10.5 Å². The quantitative estimate of drug-likeness (QED) is 0.594. The van der Waals surface area contributed by atoms with Crippen molar-refractivity contribution in [1.82, 2.24) is 4.98 Å². The van der Waals surface area contributed by atoms with Gasteiger partial charge in [0.15, 0.2) is 0 Å². The van der Waals surface area contributed by atoms with Gasteiger partial charge in [0.1, 0.15) is 10.9 Å². The first kappa shape index (κ1) is 13.5. The maximum atomic E-state index is 9.59. The summed E-state index contributed by atoms with van der Waals surface area (Å²) in [5.74, 6) is 0.119. The van der Waals surface area contributed by atoms with Gasteiger partial charge in [0.2, 0.25) is 0 Å². The van der Waals surface area contributed by atoms with E-state index < -0.39 is 0 Å². The first-order chi connectivity index (χ1) is 9.58. The zero-order chi connectivity index (χ0) is 14.3. The Morgan fingerprint density at radius 3 is 2.45 bits per heavy atom. The Kier molecular flexibility index (Phi) is 3.47. The van der Waals surface area contributed by atoms with Crippen LogP contribution in [0, 0.1) is 0 Å². The maximum Gasteiger partial charge on any atom is 0.139 e. The lowest BCUT2D eigenvalue weighted by atomic mass is 10.0. The van der Waals surface area contributed by atoms with E-state index in [9.17, 15) is 5.11 Å². The largest absolute Gasteiger partial charge is 0.508 e. The van der Waals surface area contributed by atoms with E-state index in [1.807, 2.05) is 18.2 Å². The second kappa shape index (κ2) is 5.13. The second-order valence-electron chi connectivity index (χ2n) is 4.27. The molecular formula is C15H8Cl3NO. The summed E-state index contributed by atoms with van der Waals surface area (Å²) < 4.78 is 0. The summed E-state index contributed by atoms with van der Waals surface area (Å²) in [6.45, 7) is 0. The third kappa shape index (κ3) is 2.20. The molecule has 1 heterocycles. The molecule has 20 heavy (non-hydrogen) atoms. The van der Waals surface area contributed by atoms with Gasteiger partial charge in [0, 0.05) is 21.5 Å². The predicted molar refractivity (Wildman–Crippen MR) is 83.9 cm³/mol. The Morgan fingerprint density at radius 1 is 0.950 bits per heavy atom. The number of fused-ring (bicyclic) bond motifs is 1. The van der Waals surface area contributed by atoms with E-state index in [1.165, 1.54) is 6.07 Å². The minimum Gasteiger partial charge on any atom is -0.508 e. The van der Waals surface area contributed by atoms with Crippen LogP contribution in [0.5, 0.6) is 5.75 Å². The van der Waals surface area contributed by atoms with Crippen molar-refractivity contribution in [3.63, 3.8) is 0 Å². The minimum absolute atomic E-state index is 0.119. The first-order valence-corrected chi connectivity index (χ1v) is 6.94. The molecule has 0 spiro atoms. The van der Waals surface area contributed by atoms with E-state index in [4.69, 9.17) is 34.8 Å². The molecule has 1 N–H and O–H groups in total. The van der Waals surface area contributed by atoms with E-state index in [-0.39, 0.29) is 10.9 Å². The summed E-state index contributed by atoms with van der Waals surface area (Å²) in [6, 6.07) is 12.0. The van der Waals surface area contributed by atoms with E-state index in [2.05, 4.69) is 4.98 Å². The van der Waals surface area contributed by atoms with Crippen LogP contribution in [0.4, 0.5) is 0 Å². The SMILES string of the molecule is Oc1ccc2nc(Cl)c(-c3ccccc3Cl)c(Cl)c2c1. The number of benzene rings is 2. The lowest BCUT2D eigenvalue weighted by Crippen LogP contribution is -1.89. The van der Waals surface area contributed by atoms with Crippen molar-refractivity contribution in [2.24, 2.45) is 0 Å². The van der Waals surface area contributed by atoms with Crippen LogP contribution in [0.3, 0.4) is 0 Å². The third-order valence-corrected chi connectivity index (χ3v) is 4.00. The fourth-order valence-corrected chi connectivity index (χ4v) is 2.99. The van der Waals surface area contributed by atoms with Crippen molar-refractivity contribution in [3.05, 3.63) is 57.7 Å². The topological polar surface area (TPSA) is 33.1 Å². The number of rotatable bonds is 1. The Labute approximate surface area is 130 Å². The van der Waals surface area contributed by atoms with Crippen LogP contribution in [0.25, 0.3) is 22.0 Å². The normalized spacial score (nSPS) is 10.9. The molecule has 0 fully saturated rings. The van der Waals surface area contributed by atoms with Crippen LogP contribution in [0.15, 0.2) is 42.5 Å². The molecule has 1 aromatic heterocycles. The summed E-state index contributed by atoms with van der Waals surface area (Å²) in [7, 11) is 0. The van der Waals surface area contributed by atoms with Crippen LogP contribution < -0.4 is 0 Å². The zero-order valence-electron chi connectivity index (χ0n) is 10.1. The molecule has 0 aliphatic rings. The van der Waals surface area contributed by atoms with Crippen molar-refractivity contribution < 1.29 is 5.11 Å². The van der Waals surface area contributed by atoms with Gasteiger partial charge in [-0.1, -0.05) is 53.0 Å². The number of phenolic OH excluding ortho intramolecular Hbond substituents is 1. The van der Waals surface area contributed by atoms with Gasteiger partial charge < -0.3 is 5.11 Å². The van der Waals surface area contributed by atoms with Crippen LogP contribution >= 0.6 is 34.8 Å². The minimum atomic E-state index is 0.119. The fraction of sp³-hybridized carbons (Fsp3) is 0. The molecule has 0 aliphatic heterocycles. The van der Waals surface area contributed by atoms with Gasteiger partial charge in [0.25, 0.3) is 0 Å². The maximum absolute atomic E-state index is 9.59. The van der Waals surface area contributed by atoms with Gasteiger partial charge in [-0.3, -0.25) is 0 Å².